The van der Waals surface area contributed by atoms with Gasteiger partial charge in [-0.1, -0.05) is 68.5 Å². The Bertz CT molecular complexity index is 1370. The number of rotatable bonds is 14. The molecule has 0 bridgehead atoms. The molecule has 0 radical (unpaired) electrons. The molecule has 2 heterocycles. The first-order valence-corrected chi connectivity index (χ1v) is 18.6. The normalized spacial score (nSPS) is 24.6. The molecule has 6 rings (SSSR count). The molecule has 1 saturated carbocycles. The van der Waals surface area contributed by atoms with Crippen LogP contribution in [0, 0.1) is 5.92 Å². The number of likely N-dealkylation sites (N-methyl/N-ethyl adjacent to an activating group) is 1. The summed E-state index contributed by atoms with van der Waals surface area (Å²) in [6, 6.07) is 14.1. The van der Waals surface area contributed by atoms with Gasteiger partial charge in [0.15, 0.2) is 0 Å². The van der Waals surface area contributed by atoms with Crippen LogP contribution in [0.2, 0.25) is 0 Å². The molecule has 3 fully saturated rings. The van der Waals surface area contributed by atoms with Gasteiger partial charge in [-0.25, -0.2) is 4.79 Å². The number of ether oxygens (including phenoxy) is 4. The molecule has 3 N–H and O–H groups in total. The van der Waals surface area contributed by atoms with E-state index in [1.165, 1.54) is 24.2 Å². The summed E-state index contributed by atoms with van der Waals surface area (Å²) in [5.74, 6) is 0.609. The molecular formula is C39H55N3O8. The fraction of sp³-hybridized carbons (Fsp3) is 0.641. The molecule has 11 nitrogen and oxygen atoms in total. The number of fused-ring (bicyclic) bond motifs is 1. The molecule has 11 heteroatoms. The Morgan fingerprint density at radius 3 is 2.50 bits per heavy atom. The third kappa shape index (κ3) is 9.55. The van der Waals surface area contributed by atoms with E-state index < -0.39 is 30.4 Å². The number of alkyl carbamates (subject to hydrolysis) is 1. The Balaban J connectivity index is 1.18. The standard InChI is InChI=1S/C39H55N3O8/c1-41(37-32-10-6-5-9-29(32)24-36(37)44)38(45)34(40-39(46)50-31-15-19-48-26-31)25-35(43)33(23-27-7-3-2-4-8-27)28-11-13-30(14-12-28)49-22-18-42-16-20-47-21-17-42/h5-6,9-14,27,31,33-37,43-44H,2-4,7-8,15-26H2,1H3,(H,40,46)/t31-,33-,34+,35-,36+,37-/m0/s1. The maximum absolute atomic E-state index is 14.3. The lowest BCUT2D eigenvalue weighted by Crippen LogP contribution is -2.51. The van der Waals surface area contributed by atoms with E-state index in [0.29, 0.717) is 38.6 Å². The lowest BCUT2D eigenvalue weighted by atomic mass is 9.77. The second-order valence-corrected chi connectivity index (χ2v) is 14.5. The summed E-state index contributed by atoms with van der Waals surface area (Å²) in [5, 5.41) is 25.9. The van der Waals surface area contributed by atoms with Crippen LogP contribution in [0.15, 0.2) is 48.5 Å². The van der Waals surface area contributed by atoms with E-state index in [1.807, 2.05) is 48.5 Å². The summed E-state index contributed by atoms with van der Waals surface area (Å²) in [6.07, 6.45) is 4.84. The molecular weight excluding hydrogens is 638 g/mol. The van der Waals surface area contributed by atoms with Crippen LogP contribution < -0.4 is 10.1 Å². The van der Waals surface area contributed by atoms with E-state index in [-0.39, 0.29) is 24.3 Å². The van der Waals surface area contributed by atoms with Gasteiger partial charge in [0.2, 0.25) is 5.91 Å². The number of hydrogen-bond acceptors (Lipinski definition) is 9. The average molecular weight is 694 g/mol. The molecule has 2 saturated heterocycles. The highest BCUT2D eigenvalue weighted by Gasteiger charge is 2.40. The Morgan fingerprint density at radius 2 is 1.76 bits per heavy atom. The minimum Gasteiger partial charge on any atom is -0.492 e. The molecule has 2 aliphatic carbocycles. The first-order chi connectivity index (χ1) is 24.4. The Hall–Kier alpha value is -3.22. The zero-order chi connectivity index (χ0) is 34.9. The Kier molecular flexibility index (Phi) is 13.0. The van der Waals surface area contributed by atoms with Gasteiger partial charge < -0.3 is 39.4 Å². The fourth-order valence-electron chi connectivity index (χ4n) is 8.19. The predicted molar refractivity (Wildman–Crippen MR) is 188 cm³/mol. The zero-order valence-electron chi connectivity index (χ0n) is 29.4. The SMILES string of the molecule is CN(C(=O)[C@@H](C[C@H](O)[C@@H](CC1CCCCC1)c1ccc(OCCN2CCOCC2)cc1)NC(=O)O[C@H]1CCOC1)[C@H]1c2ccccc2C[C@H]1O. The molecule has 0 unspecified atom stereocenters. The minimum absolute atomic E-state index is 0.000904. The van der Waals surface area contributed by atoms with Crippen LogP contribution in [-0.4, -0.2) is 116 Å². The van der Waals surface area contributed by atoms with Crippen molar-refractivity contribution in [2.24, 2.45) is 5.92 Å². The maximum atomic E-state index is 14.3. The molecule has 6 atom stereocenters. The molecule has 2 aliphatic heterocycles. The highest BCUT2D eigenvalue weighted by Crippen LogP contribution is 2.38. The molecule has 274 valence electrons. The number of aliphatic hydroxyl groups excluding tert-OH is 2. The minimum atomic E-state index is -1.07. The lowest BCUT2D eigenvalue weighted by Gasteiger charge is -2.34. The molecule has 4 aliphatic rings. The number of amides is 2. The fourth-order valence-corrected chi connectivity index (χ4v) is 8.19. The van der Waals surface area contributed by atoms with Crippen molar-refractivity contribution in [1.29, 1.82) is 0 Å². The van der Waals surface area contributed by atoms with Crippen molar-refractivity contribution in [2.45, 2.75) is 94.1 Å². The largest absolute Gasteiger partial charge is 0.492 e. The number of carbonyl (C=O) groups excluding carboxylic acids is 2. The smallest absolute Gasteiger partial charge is 0.408 e. The van der Waals surface area contributed by atoms with Crippen molar-refractivity contribution in [3.05, 3.63) is 65.2 Å². The van der Waals surface area contributed by atoms with Crippen LogP contribution in [0.1, 0.15) is 80.0 Å². The maximum Gasteiger partial charge on any atom is 0.408 e. The van der Waals surface area contributed by atoms with Gasteiger partial charge in [0, 0.05) is 51.9 Å². The van der Waals surface area contributed by atoms with Crippen molar-refractivity contribution >= 4 is 12.0 Å². The van der Waals surface area contributed by atoms with Crippen molar-refractivity contribution in [3.63, 3.8) is 0 Å². The predicted octanol–water partition coefficient (Wildman–Crippen LogP) is 4.20. The molecule has 2 aromatic rings. The highest BCUT2D eigenvalue weighted by atomic mass is 16.6. The zero-order valence-corrected chi connectivity index (χ0v) is 29.4. The van der Waals surface area contributed by atoms with Gasteiger partial charge in [-0.3, -0.25) is 9.69 Å². The number of benzene rings is 2. The number of carbonyl (C=O) groups is 2. The quantitative estimate of drug-likeness (QED) is 0.267. The lowest BCUT2D eigenvalue weighted by molar-refractivity contribution is -0.137. The summed E-state index contributed by atoms with van der Waals surface area (Å²) in [4.78, 5) is 31.3. The van der Waals surface area contributed by atoms with Gasteiger partial charge in [0.1, 0.15) is 24.5 Å². The van der Waals surface area contributed by atoms with E-state index in [4.69, 9.17) is 18.9 Å². The van der Waals surface area contributed by atoms with Crippen molar-refractivity contribution in [1.82, 2.24) is 15.1 Å². The first-order valence-electron chi connectivity index (χ1n) is 18.6. The van der Waals surface area contributed by atoms with Gasteiger partial charge in [0.05, 0.1) is 44.7 Å². The van der Waals surface area contributed by atoms with Crippen LogP contribution in [0.5, 0.6) is 5.75 Å². The molecule has 50 heavy (non-hydrogen) atoms. The summed E-state index contributed by atoms with van der Waals surface area (Å²) >= 11 is 0. The average Bonchev–Trinajstić information content (AvgIpc) is 3.77. The van der Waals surface area contributed by atoms with E-state index in [1.54, 1.807) is 7.05 Å². The van der Waals surface area contributed by atoms with E-state index in [2.05, 4.69) is 10.2 Å². The summed E-state index contributed by atoms with van der Waals surface area (Å²) in [5.41, 5.74) is 2.87. The molecule has 0 aromatic heterocycles. The van der Waals surface area contributed by atoms with E-state index in [9.17, 15) is 19.8 Å². The number of hydrogen-bond donors (Lipinski definition) is 3. The molecule has 0 spiro atoms. The van der Waals surface area contributed by atoms with E-state index >= 15 is 0 Å². The van der Waals surface area contributed by atoms with Crippen LogP contribution in [0.25, 0.3) is 0 Å². The Labute approximate surface area is 296 Å². The van der Waals surface area contributed by atoms with Crippen molar-refractivity contribution < 1.29 is 38.7 Å². The van der Waals surface area contributed by atoms with Gasteiger partial charge in [-0.05, 0) is 41.2 Å². The third-order valence-electron chi connectivity index (χ3n) is 11.0. The summed E-state index contributed by atoms with van der Waals surface area (Å²) < 4.78 is 22.5. The van der Waals surface area contributed by atoms with Crippen molar-refractivity contribution in [3.8, 4) is 5.75 Å². The topological polar surface area (TPSA) is 130 Å². The van der Waals surface area contributed by atoms with Crippen LogP contribution in [-0.2, 0) is 25.4 Å². The summed E-state index contributed by atoms with van der Waals surface area (Å²) in [6.45, 7) is 5.59. The molecule has 2 amide bonds. The van der Waals surface area contributed by atoms with E-state index in [0.717, 1.165) is 74.6 Å². The second-order valence-electron chi connectivity index (χ2n) is 14.5. The Morgan fingerprint density at radius 1 is 1.00 bits per heavy atom. The number of morpholine rings is 1. The van der Waals surface area contributed by atoms with Crippen LogP contribution in [0.4, 0.5) is 4.79 Å². The third-order valence-corrected chi connectivity index (χ3v) is 11.0. The number of aliphatic hydroxyl groups is 2. The summed E-state index contributed by atoms with van der Waals surface area (Å²) in [7, 11) is 1.66. The number of nitrogens with one attached hydrogen (secondary N) is 1. The van der Waals surface area contributed by atoms with Crippen molar-refractivity contribution in [2.75, 3.05) is 59.7 Å². The molecule has 2 aromatic carbocycles. The second kappa shape index (κ2) is 17.8. The monoisotopic (exact) mass is 693 g/mol. The highest BCUT2D eigenvalue weighted by molar-refractivity contribution is 5.86. The first kappa shape index (κ1) is 36.6. The van der Waals surface area contributed by atoms with Gasteiger partial charge in [-0.15, -0.1) is 0 Å². The van der Waals surface area contributed by atoms with Gasteiger partial charge >= 0.3 is 6.09 Å². The van der Waals surface area contributed by atoms with Crippen LogP contribution >= 0.6 is 0 Å². The number of nitrogens with zero attached hydrogens (tertiary/aromatic N) is 2. The van der Waals surface area contributed by atoms with Gasteiger partial charge in [0.25, 0.3) is 0 Å². The van der Waals surface area contributed by atoms with Gasteiger partial charge in [-0.2, -0.15) is 0 Å². The van der Waals surface area contributed by atoms with Crippen LogP contribution in [0.3, 0.4) is 0 Å².